The summed E-state index contributed by atoms with van der Waals surface area (Å²) in [4.78, 5) is 17.2. The number of anilines is 1. The van der Waals surface area contributed by atoms with Gasteiger partial charge in [-0.15, -0.1) is 11.3 Å². The lowest BCUT2D eigenvalue weighted by molar-refractivity contribution is 0.102. The minimum absolute atomic E-state index is 0.0609. The predicted octanol–water partition coefficient (Wildman–Crippen LogP) is 7.18. The Balaban J connectivity index is 1.56. The van der Waals surface area contributed by atoms with E-state index >= 15 is 0 Å². The van der Waals surface area contributed by atoms with Crippen LogP contribution in [0.25, 0.3) is 21.8 Å². The first-order valence-corrected chi connectivity index (χ1v) is 10.2. The van der Waals surface area contributed by atoms with Gasteiger partial charge in [0.2, 0.25) is 0 Å². The SMILES string of the molecule is O=C(Nc1cccc(-c2csc(-c3ccc(Cl)cc3)n2)c1)c1ccc(F)cc1Cl. The molecule has 0 aliphatic carbocycles. The number of benzene rings is 3. The number of thiazole rings is 1. The summed E-state index contributed by atoms with van der Waals surface area (Å²) in [7, 11) is 0. The van der Waals surface area contributed by atoms with Crippen LogP contribution in [0.1, 0.15) is 10.4 Å². The monoisotopic (exact) mass is 442 g/mol. The number of carbonyl (C=O) groups excluding carboxylic acids is 1. The van der Waals surface area contributed by atoms with Crippen molar-refractivity contribution in [3.63, 3.8) is 0 Å². The van der Waals surface area contributed by atoms with E-state index in [2.05, 4.69) is 10.3 Å². The second-order valence-corrected chi connectivity index (χ2v) is 7.91. The zero-order chi connectivity index (χ0) is 20.4. The molecular formula is C22H13Cl2FN2OS. The van der Waals surface area contributed by atoms with Crippen LogP contribution in [0.4, 0.5) is 10.1 Å². The first-order valence-electron chi connectivity index (χ1n) is 8.58. The van der Waals surface area contributed by atoms with E-state index in [9.17, 15) is 9.18 Å². The molecule has 0 saturated carbocycles. The molecular weight excluding hydrogens is 430 g/mol. The van der Waals surface area contributed by atoms with Crippen LogP contribution >= 0.6 is 34.5 Å². The highest BCUT2D eigenvalue weighted by molar-refractivity contribution is 7.13. The molecule has 1 amide bonds. The first-order chi connectivity index (χ1) is 14.0. The predicted molar refractivity (Wildman–Crippen MR) is 117 cm³/mol. The molecule has 4 rings (SSSR count). The molecule has 0 fully saturated rings. The number of aromatic nitrogens is 1. The number of rotatable bonds is 4. The number of amides is 1. The van der Waals surface area contributed by atoms with Crippen molar-refractivity contribution in [2.75, 3.05) is 5.32 Å². The van der Waals surface area contributed by atoms with E-state index in [1.807, 2.05) is 47.8 Å². The highest BCUT2D eigenvalue weighted by Gasteiger charge is 2.13. The molecule has 3 aromatic carbocycles. The second-order valence-electron chi connectivity index (χ2n) is 6.20. The number of nitrogens with one attached hydrogen (secondary N) is 1. The lowest BCUT2D eigenvalue weighted by Crippen LogP contribution is -2.12. The zero-order valence-corrected chi connectivity index (χ0v) is 17.2. The highest BCUT2D eigenvalue weighted by Crippen LogP contribution is 2.30. The average molecular weight is 443 g/mol. The van der Waals surface area contributed by atoms with E-state index in [0.717, 1.165) is 27.9 Å². The van der Waals surface area contributed by atoms with Gasteiger partial charge >= 0.3 is 0 Å². The van der Waals surface area contributed by atoms with Crippen molar-refractivity contribution in [2.45, 2.75) is 0 Å². The molecule has 0 aliphatic heterocycles. The minimum Gasteiger partial charge on any atom is -0.322 e. The van der Waals surface area contributed by atoms with E-state index in [1.54, 1.807) is 6.07 Å². The molecule has 3 nitrogen and oxygen atoms in total. The normalized spacial score (nSPS) is 10.7. The smallest absolute Gasteiger partial charge is 0.257 e. The maximum absolute atomic E-state index is 13.2. The van der Waals surface area contributed by atoms with Gasteiger partial charge in [-0.25, -0.2) is 9.37 Å². The average Bonchev–Trinajstić information content (AvgIpc) is 3.19. The van der Waals surface area contributed by atoms with Gasteiger partial charge in [0.1, 0.15) is 10.8 Å². The van der Waals surface area contributed by atoms with Gasteiger partial charge in [0.15, 0.2) is 0 Å². The molecule has 144 valence electrons. The lowest BCUT2D eigenvalue weighted by atomic mass is 10.1. The van der Waals surface area contributed by atoms with Crippen LogP contribution in [0.3, 0.4) is 0 Å². The number of carbonyl (C=O) groups is 1. The third-order valence-corrected chi connectivity index (χ3v) is 5.64. The van der Waals surface area contributed by atoms with Crippen molar-refractivity contribution in [2.24, 2.45) is 0 Å². The molecule has 1 heterocycles. The Bertz CT molecular complexity index is 1190. The highest BCUT2D eigenvalue weighted by atomic mass is 35.5. The van der Waals surface area contributed by atoms with Gasteiger partial charge in [0, 0.05) is 27.2 Å². The molecule has 7 heteroatoms. The third-order valence-electron chi connectivity index (χ3n) is 4.19. The minimum atomic E-state index is -0.492. The Morgan fingerprint density at radius 2 is 1.76 bits per heavy atom. The molecule has 0 atom stereocenters. The Morgan fingerprint density at radius 1 is 0.966 bits per heavy atom. The summed E-state index contributed by atoms with van der Waals surface area (Å²) in [6, 6.07) is 18.5. The van der Waals surface area contributed by atoms with Crippen LogP contribution in [-0.2, 0) is 0 Å². The summed E-state index contributed by atoms with van der Waals surface area (Å²) in [6.07, 6.45) is 0. The van der Waals surface area contributed by atoms with Gasteiger partial charge in [-0.3, -0.25) is 4.79 Å². The molecule has 0 spiro atoms. The van der Waals surface area contributed by atoms with Crippen molar-refractivity contribution >= 4 is 46.1 Å². The summed E-state index contributed by atoms with van der Waals surface area (Å²) in [5.74, 6) is -0.902. The maximum atomic E-state index is 13.2. The zero-order valence-electron chi connectivity index (χ0n) is 14.8. The molecule has 4 aromatic rings. The fourth-order valence-corrected chi connectivity index (χ4v) is 3.97. The Kier molecular flexibility index (Phi) is 5.62. The number of hydrogen-bond acceptors (Lipinski definition) is 3. The second kappa shape index (κ2) is 8.33. The molecule has 0 bridgehead atoms. The number of halogens is 3. The van der Waals surface area contributed by atoms with Gasteiger partial charge in [-0.1, -0.05) is 47.5 Å². The fourth-order valence-electron chi connectivity index (χ4n) is 2.76. The largest absolute Gasteiger partial charge is 0.322 e. The Labute approximate surface area is 180 Å². The maximum Gasteiger partial charge on any atom is 0.257 e. The van der Waals surface area contributed by atoms with E-state index in [0.29, 0.717) is 10.7 Å². The third kappa shape index (κ3) is 4.48. The Morgan fingerprint density at radius 3 is 2.52 bits per heavy atom. The molecule has 0 aliphatic rings. The van der Waals surface area contributed by atoms with Gasteiger partial charge in [-0.2, -0.15) is 0 Å². The van der Waals surface area contributed by atoms with Gasteiger partial charge in [0.25, 0.3) is 5.91 Å². The summed E-state index contributed by atoms with van der Waals surface area (Å²) < 4.78 is 13.2. The van der Waals surface area contributed by atoms with Crippen molar-refractivity contribution in [3.8, 4) is 21.8 Å². The van der Waals surface area contributed by atoms with E-state index < -0.39 is 11.7 Å². The lowest BCUT2D eigenvalue weighted by Gasteiger charge is -2.08. The van der Waals surface area contributed by atoms with Gasteiger partial charge in [0.05, 0.1) is 16.3 Å². The van der Waals surface area contributed by atoms with E-state index in [-0.39, 0.29) is 10.6 Å². The summed E-state index contributed by atoms with van der Waals surface area (Å²) in [5.41, 5.74) is 3.45. The number of hydrogen-bond donors (Lipinski definition) is 1. The molecule has 0 unspecified atom stereocenters. The van der Waals surface area contributed by atoms with Gasteiger partial charge in [-0.05, 0) is 42.5 Å². The molecule has 0 saturated heterocycles. The van der Waals surface area contributed by atoms with Crippen LogP contribution in [0.2, 0.25) is 10.0 Å². The van der Waals surface area contributed by atoms with Crippen molar-refractivity contribution < 1.29 is 9.18 Å². The molecule has 0 radical (unpaired) electrons. The van der Waals surface area contributed by atoms with Crippen LogP contribution in [-0.4, -0.2) is 10.9 Å². The van der Waals surface area contributed by atoms with Crippen LogP contribution in [0, 0.1) is 5.82 Å². The fraction of sp³-hybridized carbons (Fsp3) is 0. The van der Waals surface area contributed by atoms with E-state index in [1.165, 1.54) is 23.5 Å². The van der Waals surface area contributed by atoms with Crippen LogP contribution < -0.4 is 5.32 Å². The van der Waals surface area contributed by atoms with E-state index in [4.69, 9.17) is 23.2 Å². The quantitative estimate of drug-likeness (QED) is 0.363. The van der Waals surface area contributed by atoms with Crippen LogP contribution in [0.5, 0.6) is 0 Å². The van der Waals surface area contributed by atoms with Crippen molar-refractivity contribution in [1.29, 1.82) is 0 Å². The Hall–Kier alpha value is -2.73. The van der Waals surface area contributed by atoms with Crippen molar-refractivity contribution in [1.82, 2.24) is 4.98 Å². The standard InChI is InChI=1S/C22H13Cl2FN2OS/c23-15-6-4-13(5-7-15)22-27-20(12-29-22)14-2-1-3-17(10-14)26-21(28)18-9-8-16(25)11-19(18)24/h1-12H,(H,26,28). The summed E-state index contributed by atoms with van der Waals surface area (Å²) in [6.45, 7) is 0. The molecule has 29 heavy (non-hydrogen) atoms. The topological polar surface area (TPSA) is 42.0 Å². The number of nitrogens with zero attached hydrogens (tertiary/aromatic N) is 1. The molecule has 1 N–H and O–H groups in total. The summed E-state index contributed by atoms with van der Waals surface area (Å²) >= 11 is 13.4. The summed E-state index contributed by atoms with van der Waals surface area (Å²) in [5, 5.41) is 6.36. The first kappa shape index (κ1) is 19.6. The van der Waals surface area contributed by atoms with Crippen molar-refractivity contribution in [3.05, 3.63) is 93.5 Å². The van der Waals surface area contributed by atoms with Gasteiger partial charge < -0.3 is 5.32 Å². The van der Waals surface area contributed by atoms with Crippen LogP contribution in [0.15, 0.2) is 72.1 Å². The molecule has 1 aromatic heterocycles.